The number of hydrogen-bond acceptors (Lipinski definition) is 2. The van der Waals surface area contributed by atoms with Crippen LogP contribution >= 0.6 is 0 Å². The molecule has 0 amide bonds. The normalized spacial score (nSPS) is 9.62. The summed E-state index contributed by atoms with van der Waals surface area (Å²) in [6, 6.07) is 0. The van der Waals surface area contributed by atoms with Gasteiger partial charge in [-0.1, -0.05) is 39.2 Å². The van der Waals surface area contributed by atoms with Gasteiger partial charge in [0.15, 0.2) is 0 Å². The van der Waals surface area contributed by atoms with Crippen LogP contribution in [0.1, 0.15) is 45.4 Å². The third-order valence-corrected chi connectivity index (χ3v) is 1.79. The standard InChI is InChI=1S/C11H19O2/c1-3-5-6-7-8-9-10-13-11(12)4-2/h4,10H,2-3,5-9H2,1H3. The average Bonchev–Trinajstić information content (AvgIpc) is 2.16. The van der Waals surface area contributed by atoms with Crippen molar-refractivity contribution in [1.29, 1.82) is 0 Å². The van der Waals surface area contributed by atoms with Crippen LogP contribution in [0.5, 0.6) is 0 Å². The molecule has 0 heterocycles. The van der Waals surface area contributed by atoms with Crippen molar-refractivity contribution in [2.45, 2.75) is 45.4 Å². The van der Waals surface area contributed by atoms with Crippen LogP contribution in [0.4, 0.5) is 0 Å². The lowest BCUT2D eigenvalue weighted by Gasteiger charge is -2.00. The van der Waals surface area contributed by atoms with Gasteiger partial charge in [-0.2, -0.15) is 0 Å². The molecule has 13 heavy (non-hydrogen) atoms. The molecular formula is C11H19O2. The second-order valence-corrected chi connectivity index (χ2v) is 3.01. The van der Waals surface area contributed by atoms with E-state index in [0.717, 1.165) is 12.8 Å². The lowest BCUT2D eigenvalue weighted by atomic mass is 10.1. The minimum Gasteiger partial charge on any atom is -0.455 e. The van der Waals surface area contributed by atoms with Gasteiger partial charge < -0.3 is 4.74 Å². The molecule has 0 saturated carbocycles. The summed E-state index contributed by atoms with van der Waals surface area (Å²) >= 11 is 0. The topological polar surface area (TPSA) is 26.3 Å². The van der Waals surface area contributed by atoms with E-state index in [0.29, 0.717) is 0 Å². The molecule has 0 aliphatic rings. The predicted molar refractivity (Wildman–Crippen MR) is 54.0 cm³/mol. The zero-order valence-corrected chi connectivity index (χ0v) is 8.42. The van der Waals surface area contributed by atoms with Gasteiger partial charge >= 0.3 is 5.97 Å². The molecule has 0 bridgehead atoms. The van der Waals surface area contributed by atoms with Crippen LogP contribution in [-0.4, -0.2) is 5.97 Å². The molecule has 0 spiro atoms. The van der Waals surface area contributed by atoms with Gasteiger partial charge in [0.2, 0.25) is 0 Å². The molecule has 0 aliphatic carbocycles. The largest absolute Gasteiger partial charge is 0.455 e. The van der Waals surface area contributed by atoms with Crippen molar-refractivity contribution in [3.63, 3.8) is 0 Å². The van der Waals surface area contributed by atoms with Crippen LogP contribution in [0.2, 0.25) is 0 Å². The first-order chi connectivity index (χ1) is 6.31. The highest BCUT2D eigenvalue weighted by molar-refractivity contribution is 5.81. The Morgan fingerprint density at radius 3 is 2.62 bits per heavy atom. The average molecular weight is 183 g/mol. The Morgan fingerprint density at radius 1 is 1.31 bits per heavy atom. The molecular weight excluding hydrogens is 164 g/mol. The van der Waals surface area contributed by atoms with E-state index in [4.69, 9.17) is 4.74 Å². The Bertz CT molecular complexity index is 141. The van der Waals surface area contributed by atoms with Crippen molar-refractivity contribution >= 4 is 5.97 Å². The Morgan fingerprint density at radius 2 is 2.00 bits per heavy atom. The van der Waals surface area contributed by atoms with E-state index >= 15 is 0 Å². The highest BCUT2D eigenvalue weighted by atomic mass is 16.5. The molecule has 0 unspecified atom stereocenters. The Kier molecular flexibility index (Phi) is 8.73. The monoisotopic (exact) mass is 183 g/mol. The summed E-state index contributed by atoms with van der Waals surface area (Å²) in [6.45, 7) is 7.06. The smallest absolute Gasteiger partial charge is 0.330 e. The zero-order chi connectivity index (χ0) is 9.94. The summed E-state index contributed by atoms with van der Waals surface area (Å²) in [4.78, 5) is 10.6. The molecule has 0 saturated heterocycles. The number of carbonyl (C=O) groups is 1. The first kappa shape index (κ1) is 12.2. The maximum atomic E-state index is 10.6. The van der Waals surface area contributed by atoms with E-state index in [-0.39, 0.29) is 5.97 Å². The highest BCUT2D eigenvalue weighted by Crippen LogP contribution is 2.06. The van der Waals surface area contributed by atoms with Gasteiger partial charge in [0.25, 0.3) is 0 Å². The lowest BCUT2D eigenvalue weighted by Crippen LogP contribution is -1.96. The second-order valence-electron chi connectivity index (χ2n) is 3.01. The van der Waals surface area contributed by atoms with Gasteiger partial charge in [0.05, 0.1) is 0 Å². The maximum Gasteiger partial charge on any atom is 0.330 e. The molecule has 0 aromatic rings. The Labute approximate surface area is 81.0 Å². The van der Waals surface area contributed by atoms with Gasteiger partial charge in [0, 0.05) is 6.08 Å². The van der Waals surface area contributed by atoms with Crippen LogP contribution in [-0.2, 0) is 9.53 Å². The molecule has 1 radical (unpaired) electrons. The van der Waals surface area contributed by atoms with Crippen molar-refractivity contribution in [1.82, 2.24) is 0 Å². The van der Waals surface area contributed by atoms with Gasteiger partial charge in [0.1, 0.15) is 6.61 Å². The van der Waals surface area contributed by atoms with Crippen LogP contribution in [0.15, 0.2) is 12.7 Å². The quantitative estimate of drug-likeness (QED) is 0.328. The van der Waals surface area contributed by atoms with Crippen molar-refractivity contribution < 1.29 is 9.53 Å². The minimum absolute atomic E-state index is 0.367. The molecule has 0 aromatic carbocycles. The van der Waals surface area contributed by atoms with Crippen molar-refractivity contribution in [3.05, 3.63) is 19.3 Å². The molecule has 0 rings (SSSR count). The molecule has 75 valence electrons. The molecule has 0 atom stereocenters. The summed E-state index contributed by atoms with van der Waals surface area (Å²) < 4.78 is 4.72. The lowest BCUT2D eigenvalue weighted by molar-refractivity contribution is -0.134. The van der Waals surface area contributed by atoms with E-state index in [1.807, 2.05) is 0 Å². The first-order valence-corrected chi connectivity index (χ1v) is 4.96. The van der Waals surface area contributed by atoms with Crippen LogP contribution < -0.4 is 0 Å². The molecule has 2 nitrogen and oxygen atoms in total. The Balaban J connectivity index is 2.99. The first-order valence-electron chi connectivity index (χ1n) is 4.96. The van der Waals surface area contributed by atoms with E-state index in [1.54, 1.807) is 6.61 Å². The maximum absolute atomic E-state index is 10.6. The predicted octanol–water partition coefficient (Wildman–Crippen LogP) is 3.24. The summed E-state index contributed by atoms with van der Waals surface area (Å²) in [5.74, 6) is -0.367. The SMILES string of the molecule is C=CC(=O)O[CH]CCCCCCC. The highest BCUT2D eigenvalue weighted by Gasteiger charge is 1.95. The molecule has 0 aromatic heterocycles. The summed E-state index contributed by atoms with van der Waals surface area (Å²) in [5, 5.41) is 0. The fraction of sp³-hybridized carbons (Fsp3) is 0.636. The fourth-order valence-electron chi connectivity index (χ4n) is 1.02. The van der Waals surface area contributed by atoms with E-state index < -0.39 is 0 Å². The van der Waals surface area contributed by atoms with Gasteiger partial charge in [-0.25, -0.2) is 4.79 Å². The summed E-state index contributed by atoms with van der Waals surface area (Å²) in [5.41, 5.74) is 0. The van der Waals surface area contributed by atoms with Gasteiger partial charge in [-0.3, -0.25) is 0 Å². The van der Waals surface area contributed by atoms with Crippen LogP contribution in [0.25, 0.3) is 0 Å². The number of ether oxygens (including phenoxy) is 1. The second kappa shape index (κ2) is 9.30. The Hall–Kier alpha value is -0.790. The summed E-state index contributed by atoms with van der Waals surface area (Å²) in [7, 11) is 0. The summed E-state index contributed by atoms with van der Waals surface area (Å²) in [6.07, 6.45) is 8.18. The number of esters is 1. The van der Waals surface area contributed by atoms with Crippen molar-refractivity contribution in [3.8, 4) is 0 Å². The third-order valence-electron chi connectivity index (χ3n) is 1.79. The minimum atomic E-state index is -0.367. The van der Waals surface area contributed by atoms with E-state index in [1.165, 1.54) is 31.8 Å². The van der Waals surface area contributed by atoms with Crippen molar-refractivity contribution in [2.24, 2.45) is 0 Å². The van der Waals surface area contributed by atoms with Crippen LogP contribution in [0, 0.1) is 6.61 Å². The number of rotatable bonds is 8. The molecule has 0 fully saturated rings. The molecule has 0 N–H and O–H groups in total. The van der Waals surface area contributed by atoms with Gasteiger partial charge in [-0.05, 0) is 12.8 Å². The van der Waals surface area contributed by atoms with E-state index in [9.17, 15) is 4.79 Å². The fourth-order valence-corrected chi connectivity index (χ4v) is 1.02. The molecule has 0 aliphatic heterocycles. The number of hydrogen-bond donors (Lipinski definition) is 0. The number of carbonyl (C=O) groups excluding carboxylic acids is 1. The third kappa shape index (κ3) is 9.12. The number of unbranched alkanes of at least 4 members (excludes halogenated alkanes) is 5. The molecule has 2 heteroatoms. The van der Waals surface area contributed by atoms with Crippen molar-refractivity contribution in [2.75, 3.05) is 0 Å². The van der Waals surface area contributed by atoms with Crippen LogP contribution in [0.3, 0.4) is 0 Å². The van der Waals surface area contributed by atoms with E-state index in [2.05, 4.69) is 13.5 Å². The zero-order valence-electron chi connectivity index (χ0n) is 8.42. The van der Waals surface area contributed by atoms with Gasteiger partial charge in [-0.15, -0.1) is 0 Å².